The van der Waals surface area contributed by atoms with Crippen molar-refractivity contribution >= 4 is 0 Å². The highest BCUT2D eigenvalue weighted by Crippen LogP contribution is 2.58. The third-order valence-corrected chi connectivity index (χ3v) is 4.21. The maximum atomic E-state index is 13.0. The third kappa shape index (κ3) is 1.27. The number of nitrogens with two attached hydrogens (primary N) is 1. The van der Waals surface area contributed by atoms with Crippen molar-refractivity contribution in [3.8, 4) is 0 Å². The van der Waals surface area contributed by atoms with E-state index in [0.717, 1.165) is 25.7 Å². The summed E-state index contributed by atoms with van der Waals surface area (Å²) in [6.07, 6.45) is -0.434. The van der Waals surface area contributed by atoms with E-state index in [1.54, 1.807) is 0 Å². The molecule has 0 aromatic heterocycles. The van der Waals surface area contributed by atoms with E-state index in [-0.39, 0.29) is 24.8 Å². The molecule has 4 heteroatoms. The maximum Gasteiger partial charge on any atom is 0.395 e. The molecule has 1 nitrogen and oxygen atoms in total. The summed E-state index contributed by atoms with van der Waals surface area (Å²) in [5.74, 6) is 0.0580. The predicted octanol–water partition coefficient (Wildman–Crippen LogP) is 2.70. The second kappa shape index (κ2) is 3.12. The molecule has 14 heavy (non-hydrogen) atoms. The molecular weight excluding hydrogens is 191 g/mol. The van der Waals surface area contributed by atoms with Gasteiger partial charge in [-0.05, 0) is 31.1 Å². The molecule has 0 radical (unpaired) electrons. The highest BCUT2D eigenvalue weighted by Gasteiger charge is 2.61. The van der Waals surface area contributed by atoms with Gasteiger partial charge in [-0.1, -0.05) is 12.8 Å². The van der Waals surface area contributed by atoms with Gasteiger partial charge in [-0.15, -0.1) is 0 Å². The van der Waals surface area contributed by atoms with Gasteiger partial charge in [-0.2, -0.15) is 13.2 Å². The van der Waals surface area contributed by atoms with Crippen LogP contribution in [0.25, 0.3) is 0 Å². The minimum atomic E-state index is -4.11. The number of fused-ring (bicyclic) bond motifs is 3. The maximum absolute atomic E-state index is 13.0. The molecule has 2 bridgehead atoms. The van der Waals surface area contributed by atoms with Gasteiger partial charge >= 0.3 is 6.18 Å². The van der Waals surface area contributed by atoms with E-state index in [4.69, 9.17) is 5.73 Å². The van der Waals surface area contributed by atoms with Crippen LogP contribution in [0.1, 0.15) is 32.1 Å². The molecule has 82 valence electrons. The quantitative estimate of drug-likeness (QED) is 0.703. The minimum Gasteiger partial charge on any atom is -0.330 e. The van der Waals surface area contributed by atoms with Crippen molar-refractivity contribution in [2.24, 2.45) is 23.0 Å². The van der Waals surface area contributed by atoms with Gasteiger partial charge in [0.05, 0.1) is 5.41 Å². The fourth-order valence-corrected chi connectivity index (χ4v) is 3.31. The zero-order valence-corrected chi connectivity index (χ0v) is 8.11. The fourth-order valence-electron chi connectivity index (χ4n) is 3.31. The molecule has 3 fully saturated rings. The number of hydrogen-bond acceptors (Lipinski definition) is 1. The van der Waals surface area contributed by atoms with Crippen molar-refractivity contribution in [2.45, 2.75) is 38.3 Å². The Morgan fingerprint density at radius 3 is 1.93 bits per heavy atom. The van der Waals surface area contributed by atoms with Gasteiger partial charge in [0.15, 0.2) is 0 Å². The van der Waals surface area contributed by atoms with Crippen LogP contribution in [0.3, 0.4) is 0 Å². The first-order valence-corrected chi connectivity index (χ1v) is 5.26. The molecule has 0 aromatic rings. The summed E-state index contributed by atoms with van der Waals surface area (Å²) in [6, 6.07) is 0. The Balaban J connectivity index is 2.28. The van der Waals surface area contributed by atoms with Gasteiger partial charge in [0.2, 0.25) is 0 Å². The van der Waals surface area contributed by atoms with Gasteiger partial charge in [-0.3, -0.25) is 0 Å². The first kappa shape index (κ1) is 10.3. The van der Waals surface area contributed by atoms with Crippen LogP contribution in [0.5, 0.6) is 0 Å². The molecule has 3 aliphatic rings. The average molecular weight is 207 g/mol. The molecule has 1 atom stereocenters. The van der Waals surface area contributed by atoms with Crippen LogP contribution in [0.4, 0.5) is 13.2 Å². The van der Waals surface area contributed by atoms with E-state index in [9.17, 15) is 13.2 Å². The molecule has 3 saturated carbocycles. The van der Waals surface area contributed by atoms with Crippen LogP contribution in [-0.4, -0.2) is 12.7 Å². The van der Waals surface area contributed by atoms with Crippen LogP contribution >= 0.6 is 0 Å². The third-order valence-electron chi connectivity index (χ3n) is 4.21. The SMILES string of the molecule is NCC1(C(F)(F)F)CC2CCC1CC2. The zero-order valence-electron chi connectivity index (χ0n) is 8.11. The van der Waals surface area contributed by atoms with E-state index >= 15 is 0 Å². The van der Waals surface area contributed by atoms with Crippen LogP contribution in [-0.2, 0) is 0 Å². The van der Waals surface area contributed by atoms with E-state index in [2.05, 4.69) is 0 Å². The molecule has 3 rings (SSSR count). The van der Waals surface area contributed by atoms with Crippen molar-refractivity contribution in [2.75, 3.05) is 6.54 Å². The molecule has 1 unspecified atom stereocenters. The van der Waals surface area contributed by atoms with E-state index in [0.29, 0.717) is 0 Å². The molecule has 0 amide bonds. The van der Waals surface area contributed by atoms with E-state index < -0.39 is 11.6 Å². The molecule has 0 spiro atoms. The van der Waals surface area contributed by atoms with Gasteiger partial charge in [0.25, 0.3) is 0 Å². The number of rotatable bonds is 1. The Morgan fingerprint density at radius 1 is 1.14 bits per heavy atom. The van der Waals surface area contributed by atoms with Gasteiger partial charge in [0.1, 0.15) is 0 Å². The Morgan fingerprint density at radius 2 is 1.71 bits per heavy atom. The van der Waals surface area contributed by atoms with Gasteiger partial charge in [-0.25, -0.2) is 0 Å². The summed E-state index contributed by atoms with van der Waals surface area (Å²) >= 11 is 0. The summed E-state index contributed by atoms with van der Waals surface area (Å²) in [7, 11) is 0. The highest BCUT2D eigenvalue weighted by molar-refractivity contribution is 5.01. The topological polar surface area (TPSA) is 26.0 Å². The lowest BCUT2D eigenvalue weighted by Gasteiger charge is -2.51. The molecule has 0 heterocycles. The largest absolute Gasteiger partial charge is 0.395 e. The van der Waals surface area contributed by atoms with Crippen molar-refractivity contribution in [3.63, 3.8) is 0 Å². The fraction of sp³-hybridized carbons (Fsp3) is 1.00. The lowest BCUT2D eigenvalue weighted by atomic mass is 9.55. The zero-order chi connectivity index (χ0) is 10.4. The Bertz CT molecular complexity index is 218. The predicted molar refractivity (Wildman–Crippen MR) is 47.6 cm³/mol. The van der Waals surface area contributed by atoms with Crippen LogP contribution < -0.4 is 5.73 Å². The lowest BCUT2D eigenvalue weighted by molar-refractivity contribution is -0.263. The summed E-state index contributed by atoms with van der Waals surface area (Å²) in [6.45, 7) is -0.225. The van der Waals surface area contributed by atoms with Gasteiger partial charge < -0.3 is 5.73 Å². The van der Waals surface area contributed by atoms with Crippen LogP contribution in [0, 0.1) is 17.3 Å². The molecule has 0 aliphatic heterocycles. The van der Waals surface area contributed by atoms with Crippen molar-refractivity contribution < 1.29 is 13.2 Å². The van der Waals surface area contributed by atoms with E-state index in [1.165, 1.54) is 0 Å². The smallest absolute Gasteiger partial charge is 0.330 e. The second-order valence-electron chi connectivity index (χ2n) is 4.78. The first-order chi connectivity index (χ1) is 6.49. The molecule has 3 aliphatic carbocycles. The van der Waals surface area contributed by atoms with Crippen molar-refractivity contribution in [3.05, 3.63) is 0 Å². The van der Waals surface area contributed by atoms with Crippen molar-refractivity contribution in [1.82, 2.24) is 0 Å². The van der Waals surface area contributed by atoms with Crippen LogP contribution in [0.2, 0.25) is 0 Å². The van der Waals surface area contributed by atoms with Crippen molar-refractivity contribution in [1.29, 1.82) is 0 Å². The molecule has 0 aromatic carbocycles. The van der Waals surface area contributed by atoms with Crippen LogP contribution in [0.15, 0.2) is 0 Å². The molecule has 0 saturated heterocycles. The average Bonchev–Trinajstić information content (AvgIpc) is 2.17. The summed E-state index contributed by atoms with van der Waals surface area (Å²) in [5.41, 5.74) is 3.84. The standard InChI is InChI=1S/C10H16F3N/c11-10(12,13)9(6-14)5-7-1-3-8(9)4-2-7/h7-8H,1-6,14H2. The Kier molecular flexibility index (Phi) is 2.29. The highest BCUT2D eigenvalue weighted by atomic mass is 19.4. The van der Waals surface area contributed by atoms with Gasteiger partial charge in [0, 0.05) is 6.54 Å². The summed E-state index contributed by atoms with van der Waals surface area (Å²) in [4.78, 5) is 0. The first-order valence-electron chi connectivity index (χ1n) is 5.26. The Labute approximate surface area is 81.8 Å². The minimum absolute atomic E-state index is 0.211. The summed E-state index contributed by atoms with van der Waals surface area (Å²) < 4.78 is 38.9. The lowest BCUT2D eigenvalue weighted by Crippen LogP contribution is -2.55. The monoisotopic (exact) mass is 207 g/mol. The Hall–Kier alpha value is -0.250. The number of hydrogen-bond donors (Lipinski definition) is 1. The summed E-state index contributed by atoms with van der Waals surface area (Å²) in [5, 5.41) is 0. The number of halogens is 3. The molecular formula is C10H16F3N. The normalized spacial score (nSPS) is 42.9. The van der Waals surface area contributed by atoms with E-state index in [1.807, 2.05) is 0 Å². The second-order valence-corrected chi connectivity index (χ2v) is 4.78. The number of alkyl halides is 3. The molecule has 2 N–H and O–H groups in total.